The van der Waals surface area contributed by atoms with Crippen LogP contribution in [0, 0.1) is 12.8 Å². The van der Waals surface area contributed by atoms with Crippen LogP contribution in [0.15, 0.2) is 39.5 Å². The van der Waals surface area contributed by atoms with Gasteiger partial charge in [-0.2, -0.15) is 17.7 Å². The average Bonchev–Trinajstić information content (AvgIpc) is 3.46. The maximum atomic E-state index is 13.8. The minimum Gasteiger partial charge on any atom is -0.420 e. The molecule has 32 heavy (non-hydrogen) atoms. The van der Waals surface area contributed by atoms with Crippen molar-refractivity contribution in [1.29, 1.82) is 0 Å². The van der Waals surface area contributed by atoms with Crippen LogP contribution in [0.3, 0.4) is 0 Å². The molecule has 3 aromatic heterocycles. The van der Waals surface area contributed by atoms with Crippen LogP contribution in [0.4, 0.5) is 13.2 Å². The lowest BCUT2D eigenvalue weighted by molar-refractivity contribution is -0.140. The molecule has 2 unspecified atom stereocenters. The summed E-state index contributed by atoms with van der Waals surface area (Å²) in [6.07, 6.45) is -1.81. The third-order valence-electron chi connectivity index (χ3n) is 6.01. The molecule has 1 fully saturated rings. The molecule has 5 rings (SSSR count). The van der Waals surface area contributed by atoms with Gasteiger partial charge in [-0.1, -0.05) is 37.3 Å². The molecule has 0 bridgehead atoms. The van der Waals surface area contributed by atoms with Crippen LogP contribution in [0.5, 0.6) is 0 Å². The molecule has 0 spiro atoms. The number of nitrogens with one attached hydrogen (secondary N) is 1. The van der Waals surface area contributed by atoms with Crippen LogP contribution < -0.4 is 5.56 Å². The number of nitrogens with zero attached hydrogens (tertiary/aromatic N) is 4. The van der Waals surface area contributed by atoms with Gasteiger partial charge in [-0.25, -0.2) is 4.98 Å². The number of alkyl halides is 3. The molecular formula is C22H20F3N5O2. The summed E-state index contributed by atoms with van der Waals surface area (Å²) in [7, 11) is 0. The first-order valence-electron chi connectivity index (χ1n) is 10.4. The maximum Gasteiger partial charge on any atom is 0.433 e. The predicted molar refractivity (Wildman–Crippen MR) is 110 cm³/mol. The Morgan fingerprint density at radius 2 is 1.88 bits per heavy atom. The van der Waals surface area contributed by atoms with E-state index in [2.05, 4.69) is 27.2 Å². The maximum absolute atomic E-state index is 13.8. The molecule has 1 aliphatic carbocycles. The van der Waals surface area contributed by atoms with Crippen molar-refractivity contribution in [3.05, 3.63) is 58.0 Å². The number of H-pyrrole nitrogens is 1. The van der Waals surface area contributed by atoms with Crippen molar-refractivity contribution < 1.29 is 17.6 Å². The van der Waals surface area contributed by atoms with Crippen LogP contribution >= 0.6 is 0 Å². The van der Waals surface area contributed by atoms with E-state index in [-0.39, 0.29) is 34.3 Å². The van der Waals surface area contributed by atoms with Crippen LogP contribution in [0.2, 0.25) is 0 Å². The summed E-state index contributed by atoms with van der Waals surface area (Å²) in [5.41, 5.74) is -1.56. The largest absolute Gasteiger partial charge is 0.433 e. The lowest BCUT2D eigenvalue weighted by Crippen LogP contribution is -2.20. The summed E-state index contributed by atoms with van der Waals surface area (Å²) in [6.45, 7) is 3.70. The van der Waals surface area contributed by atoms with Gasteiger partial charge in [-0.15, -0.1) is 10.2 Å². The van der Waals surface area contributed by atoms with Gasteiger partial charge in [0.1, 0.15) is 11.3 Å². The summed E-state index contributed by atoms with van der Waals surface area (Å²) >= 11 is 0. The van der Waals surface area contributed by atoms with Crippen molar-refractivity contribution in [1.82, 2.24) is 24.8 Å². The van der Waals surface area contributed by atoms with E-state index in [1.54, 1.807) is 37.3 Å². The number of hydrogen-bond donors (Lipinski definition) is 1. The molecule has 0 radical (unpaired) electrons. The fourth-order valence-corrected chi connectivity index (χ4v) is 4.44. The smallest absolute Gasteiger partial charge is 0.420 e. The first-order chi connectivity index (χ1) is 15.2. The van der Waals surface area contributed by atoms with E-state index < -0.39 is 17.4 Å². The molecule has 0 amide bonds. The lowest BCUT2D eigenvalue weighted by Gasteiger charge is -2.07. The van der Waals surface area contributed by atoms with E-state index in [4.69, 9.17) is 4.42 Å². The highest BCUT2D eigenvalue weighted by atomic mass is 19.4. The van der Waals surface area contributed by atoms with E-state index in [1.807, 2.05) is 0 Å². The summed E-state index contributed by atoms with van der Waals surface area (Å²) in [4.78, 5) is 17.6. The Kier molecular flexibility index (Phi) is 4.68. The Labute approximate surface area is 180 Å². The lowest BCUT2D eigenvalue weighted by atomic mass is 10.1. The Morgan fingerprint density at radius 3 is 2.53 bits per heavy atom. The molecule has 1 aliphatic rings. The zero-order valence-corrected chi connectivity index (χ0v) is 17.4. The van der Waals surface area contributed by atoms with Gasteiger partial charge in [0.15, 0.2) is 5.65 Å². The number of aromatic nitrogens is 5. The minimum absolute atomic E-state index is 0.0121. The molecular weight excluding hydrogens is 423 g/mol. The van der Waals surface area contributed by atoms with Crippen molar-refractivity contribution >= 4 is 5.65 Å². The molecule has 10 heteroatoms. The standard InChI is InChI=1S/C22H20F3N5O2/c1-11-8-9-14(10-11)19-27-28-20(32-19)15-12(2)26-18-16(13-6-4-3-5-7-13)17(22(23,24)25)29-30(18)21(15)31/h3-7,11,14,29H,8-10H2,1-2H3. The van der Waals surface area contributed by atoms with Gasteiger partial charge in [0.05, 0.1) is 11.3 Å². The zero-order valence-electron chi connectivity index (χ0n) is 17.4. The first-order valence-corrected chi connectivity index (χ1v) is 10.4. The van der Waals surface area contributed by atoms with Crippen LogP contribution in [-0.4, -0.2) is 24.8 Å². The highest BCUT2D eigenvalue weighted by molar-refractivity contribution is 5.81. The minimum atomic E-state index is -4.71. The molecule has 3 heterocycles. The van der Waals surface area contributed by atoms with Crippen LogP contribution in [0.25, 0.3) is 28.2 Å². The van der Waals surface area contributed by atoms with Crippen LogP contribution in [-0.2, 0) is 6.18 Å². The van der Waals surface area contributed by atoms with Gasteiger partial charge in [0.2, 0.25) is 5.89 Å². The molecule has 0 aliphatic heterocycles. The number of halogens is 3. The van der Waals surface area contributed by atoms with E-state index >= 15 is 0 Å². The average molecular weight is 443 g/mol. The second-order valence-corrected chi connectivity index (χ2v) is 8.32. The number of benzene rings is 1. The molecule has 1 aromatic carbocycles. The second kappa shape index (κ2) is 7.32. The summed E-state index contributed by atoms with van der Waals surface area (Å²) in [5.74, 6) is 1.09. The molecule has 1 N–H and O–H groups in total. The van der Waals surface area contributed by atoms with Gasteiger partial charge in [0.25, 0.3) is 11.4 Å². The quantitative estimate of drug-likeness (QED) is 0.483. The van der Waals surface area contributed by atoms with Gasteiger partial charge < -0.3 is 4.42 Å². The first kappa shape index (κ1) is 20.5. The van der Waals surface area contributed by atoms with E-state index in [9.17, 15) is 18.0 Å². The van der Waals surface area contributed by atoms with Crippen molar-refractivity contribution in [3.63, 3.8) is 0 Å². The zero-order chi connectivity index (χ0) is 22.6. The number of fused-ring (bicyclic) bond motifs is 1. The molecule has 0 saturated heterocycles. The van der Waals surface area contributed by atoms with Gasteiger partial charge in [0, 0.05) is 5.92 Å². The third-order valence-corrected chi connectivity index (χ3v) is 6.01. The predicted octanol–water partition coefficient (Wildman–Crippen LogP) is 4.97. The van der Waals surface area contributed by atoms with Crippen molar-refractivity contribution in [2.24, 2.45) is 5.92 Å². The number of rotatable bonds is 3. The van der Waals surface area contributed by atoms with E-state index in [0.29, 0.717) is 17.4 Å². The normalized spacial score (nSPS) is 19.2. The fraction of sp³-hybridized carbons (Fsp3) is 0.364. The van der Waals surface area contributed by atoms with Gasteiger partial charge in [-0.3, -0.25) is 9.89 Å². The molecule has 1 saturated carbocycles. The Balaban J connectivity index is 1.69. The van der Waals surface area contributed by atoms with Crippen molar-refractivity contribution in [3.8, 4) is 22.6 Å². The highest BCUT2D eigenvalue weighted by Gasteiger charge is 2.38. The topological polar surface area (TPSA) is 89.1 Å². The van der Waals surface area contributed by atoms with Gasteiger partial charge >= 0.3 is 6.18 Å². The van der Waals surface area contributed by atoms with E-state index in [0.717, 1.165) is 23.8 Å². The number of aromatic amines is 1. The van der Waals surface area contributed by atoms with E-state index in [1.165, 1.54) is 0 Å². The summed E-state index contributed by atoms with van der Waals surface area (Å²) < 4.78 is 48.1. The SMILES string of the molecule is Cc1nc2c(-c3ccccc3)c(C(F)(F)F)[nH]n2c(=O)c1-c1nnc(C2CCC(C)C2)o1. The second-order valence-electron chi connectivity index (χ2n) is 8.32. The van der Waals surface area contributed by atoms with Gasteiger partial charge in [-0.05, 0) is 37.7 Å². The van der Waals surface area contributed by atoms with Crippen molar-refractivity contribution in [2.75, 3.05) is 0 Å². The number of hydrogen-bond acceptors (Lipinski definition) is 5. The van der Waals surface area contributed by atoms with Crippen LogP contribution in [0.1, 0.15) is 49.4 Å². The highest BCUT2D eigenvalue weighted by Crippen LogP contribution is 2.39. The van der Waals surface area contributed by atoms with Crippen molar-refractivity contribution in [2.45, 2.75) is 45.2 Å². The summed E-state index contributed by atoms with van der Waals surface area (Å²) in [6, 6.07) is 8.04. The number of aryl methyl sites for hydroxylation is 1. The Bertz CT molecular complexity index is 1350. The molecule has 7 nitrogen and oxygen atoms in total. The molecule has 2 atom stereocenters. The molecule has 166 valence electrons. The molecule has 4 aromatic rings. The third kappa shape index (κ3) is 3.30. The Hall–Kier alpha value is -3.43. The monoisotopic (exact) mass is 443 g/mol. The fourth-order valence-electron chi connectivity index (χ4n) is 4.44. The Morgan fingerprint density at radius 1 is 1.12 bits per heavy atom. The summed E-state index contributed by atoms with van der Waals surface area (Å²) in [5, 5.41) is 10.3.